The van der Waals surface area contributed by atoms with Crippen LogP contribution in [0.15, 0.2) is 48.5 Å². The predicted molar refractivity (Wildman–Crippen MR) is 77.8 cm³/mol. The van der Waals surface area contributed by atoms with E-state index < -0.39 is 23.9 Å². The van der Waals surface area contributed by atoms with Gasteiger partial charge in [-0.1, -0.05) is 36.4 Å². The van der Waals surface area contributed by atoms with E-state index in [4.69, 9.17) is 10.4 Å². The maximum Gasteiger partial charge on any atom is 0.548 e. The van der Waals surface area contributed by atoms with E-state index in [1.165, 1.54) is 48.5 Å². The molecule has 2 aromatic carbocycles. The summed E-state index contributed by atoms with van der Waals surface area (Å²) in [6.07, 6.45) is -1.66. The fourth-order valence-corrected chi connectivity index (χ4v) is 2.02. The third kappa shape index (κ3) is 3.45. The molecule has 0 aliphatic rings. The first kappa shape index (κ1) is 16.8. The lowest BCUT2D eigenvalue weighted by Gasteiger charge is -2.09. The Hall–Kier alpha value is -3.52. The zero-order valence-electron chi connectivity index (χ0n) is 12.0. The van der Waals surface area contributed by atoms with Gasteiger partial charge in [0.1, 0.15) is 0 Å². The summed E-state index contributed by atoms with van der Waals surface area (Å²) in [4.78, 5) is 49.8. The van der Waals surface area contributed by atoms with Crippen molar-refractivity contribution in [2.75, 3.05) is 0 Å². The van der Waals surface area contributed by atoms with Gasteiger partial charge in [-0.05, 0) is 12.1 Å². The summed E-state index contributed by atoms with van der Waals surface area (Å²) < 4.78 is 4.17. The number of esters is 1. The first-order valence-electron chi connectivity index (χ1n) is 6.49. The molecule has 0 saturated heterocycles. The molecule has 24 heavy (non-hydrogen) atoms. The Morgan fingerprint density at radius 2 is 1.21 bits per heavy atom. The van der Waals surface area contributed by atoms with Crippen LogP contribution in [0.5, 0.6) is 0 Å². The molecular weight excluding hydrogens is 320 g/mol. The summed E-state index contributed by atoms with van der Waals surface area (Å²) in [6.45, 7) is 0. The molecule has 2 rings (SSSR count). The number of benzene rings is 2. The number of carboxylic acids is 1. The third-order valence-corrected chi connectivity index (χ3v) is 3.04. The van der Waals surface area contributed by atoms with E-state index in [0.717, 1.165) is 0 Å². The van der Waals surface area contributed by atoms with E-state index in [-0.39, 0.29) is 22.3 Å². The van der Waals surface area contributed by atoms with Gasteiger partial charge in [0.05, 0.1) is 11.1 Å². The van der Waals surface area contributed by atoms with Crippen molar-refractivity contribution in [2.24, 2.45) is 0 Å². The summed E-state index contributed by atoms with van der Waals surface area (Å²) in [7, 11) is 0. The van der Waals surface area contributed by atoms with Crippen molar-refractivity contribution in [1.29, 1.82) is 0 Å². The maximum absolute atomic E-state index is 12.6. The van der Waals surface area contributed by atoms with Gasteiger partial charge in [-0.25, -0.2) is 14.4 Å². The lowest BCUT2D eigenvalue weighted by molar-refractivity contribution is -0.194. The molecule has 0 aromatic heterocycles. The van der Waals surface area contributed by atoms with Gasteiger partial charge in [-0.15, -0.1) is 0 Å². The monoisotopic (exact) mass is 330 g/mol. The first-order chi connectivity index (χ1) is 11.5. The molecule has 0 saturated carbocycles. The van der Waals surface area contributed by atoms with Gasteiger partial charge in [-0.2, -0.15) is 5.26 Å². The topological polar surface area (TPSA) is 127 Å². The smallest absolute Gasteiger partial charge is 0.478 e. The van der Waals surface area contributed by atoms with Gasteiger partial charge >= 0.3 is 18.1 Å². The molecule has 8 nitrogen and oxygen atoms in total. The minimum absolute atomic E-state index is 0.130. The van der Waals surface area contributed by atoms with Crippen molar-refractivity contribution < 1.29 is 39.2 Å². The van der Waals surface area contributed by atoms with Gasteiger partial charge in [-0.3, -0.25) is 9.68 Å². The Labute approximate surface area is 134 Å². The second kappa shape index (κ2) is 7.16. The van der Waals surface area contributed by atoms with Crippen molar-refractivity contribution in [1.82, 2.24) is 0 Å². The van der Waals surface area contributed by atoms with Crippen LogP contribution in [0.2, 0.25) is 0 Å². The number of hydrogen-bond donors (Lipinski definition) is 2. The normalized spacial score (nSPS) is 9.88. The first-order valence-corrected chi connectivity index (χ1v) is 6.49. The van der Waals surface area contributed by atoms with E-state index >= 15 is 0 Å². The lowest BCUT2D eigenvalue weighted by Crippen LogP contribution is -2.17. The zero-order valence-corrected chi connectivity index (χ0v) is 12.0. The Morgan fingerprint density at radius 3 is 1.71 bits per heavy atom. The molecule has 0 fully saturated rings. The number of rotatable bonds is 4. The van der Waals surface area contributed by atoms with Crippen LogP contribution in [0.25, 0.3) is 0 Å². The molecule has 122 valence electrons. The van der Waals surface area contributed by atoms with Crippen LogP contribution in [0, 0.1) is 0 Å². The molecule has 0 radical (unpaired) electrons. The molecule has 0 bridgehead atoms. The van der Waals surface area contributed by atoms with Crippen LogP contribution in [-0.2, 0) is 9.62 Å². The van der Waals surface area contributed by atoms with E-state index in [2.05, 4.69) is 9.62 Å². The van der Waals surface area contributed by atoms with Gasteiger partial charge in [0.2, 0.25) is 0 Å². The molecule has 2 aromatic rings. The molecule has 0 atom stereocenters. The van der Waals surface area contributed by atoms with E-state index in [9.17, 15) is 19.2 Å². The number of carboxylic acid groups (broad SMARTS) is 1. The molecule has 0 aliphatic carbocycles. The zero-order chi connectivity index (χ0) is 17.7. The average Bonchev–Trinajstić information content (AvgIpc) is 2.60. The highest BCUT2D eigenvalue weighted by molar-refractivity contribution is 6.18. The Kier molecular flexibility index (Phi) is 5.03. The largest absolute Gasteiger partial charge is 0.548 e. The lowest BCUT2D eigenvalue weighted by atomic mass is 9.95. The van der Waals surface area contributed by atoms with Crippen LogP contribution >= 0.6 is 0 Å². The van der Waals surface area contributed by atoms with Crippen LogP contribution in [0.3, 0.4) is 0 Å². The maximum atomic E-state index is 12.6. The van der Waals surface area contributed by atoms with Crippen molar-refractivity contribution in [3.05, 3.63) is 70.8 Å². The number of ketones is 1. The fraction of sp³-hybridized carbons (Fsp3) is 0. The second-order valence-electron chi connectivity index (χ2n) is 4.46. The summed E-state index contributed by atoms with van der Waals surface area (Å²) >= 11 is 0. The summed E-state index contributed by atoms with van der Waals surface area (Å²) in [6, 6.07) is 10.8. The third-order valence-electron chi connectivity index (χ3n) is 3.04. The standard InChI is InChI=1S/C16H10O8/c17-13(9-5-1-3-7-11(9)14(18)19)10-6-2-4-8-12(10)15(20)23-16(21)24-22/h1-8,22H,(H,18,19). The van der Waals surface area contributed by atoms with Crippen molar-refractivity contribution in [3.63, 3.8) is 0 Å². The summed E-state index contributed by atoms with van der Waals surface area (Å²) in [5.74, 6) is -3.27. The Balaban J connectivity index is 2.47. The highest BCUT2D eigenvalue weighted by Gasteiger charge is 2.24. The van der Waals surface area contributed by atoms with Gasteiger partial charge in [0, 0.05) is 11.1 Å². The molecule has 0 heterocycles. The number of hydrogen-bond acceptors (Lipinski definition) is 7. The Bertz CT molecular complexity index is 824. The fourth-order valence-electron chi connectivity index (χ4n) is 2.02. The van der Waals surface area contributed by atoms with Gasteiger partial charge in [0.15, 0.2) is 5.78 Å². The Morgan fingerprint density at radius 1 is 0.750 bits per heavy atom. The molecule has 0 amide bonds. The van der Waals surface area contributed by atoms with Crippen LogP contribution in [-0.4, -0.2) is 34.2 Å². The summed E-state index contributed by atoms with van der Waals surface area (Å²) in [5, 5.41) is 17.3. The summed E-state index contributed by atoms with van der Waals surface area (Å²) in [5.41, 5.74) is -0.814. The highest BCUT2D eigenvalue weighted by atomic mass is 17.1. The van der Waals surface area contributed by atoms with Crippen molar-refractivity contribution in [2.45, 2.75) is 0 Å². The molecule has 0 unspecified atom stereocenters. The van der Waals surface area contributed by atoms with Crippen LogP contribution in [0.4, 0.5) is 4.79 Å². The second-order valence-corrected chi connectivity index (χ2v) is 4.46. The highest BCUT2D eigenvalue weighted by Crippen LogP contribution is 2.19. The SMILES string of the molecule is O=C(OO)OC(=O)c1ccccc1C(=O)c1ccccc1C(=O)O. The minimum Gasteiger partial charge on any atom is -0.478 e. The number of ether oxygens (including phenoxy) is 1. The minimum atomic E-state index is -1.66. The van der Waals surface area contributed by atoms with E-state index in [0.29, 0.717) is 0 Å². The van der Waals surface area contributed by atoms with Crippen molar-refractivity contribution >= 4 is 23.9 Å². The van der Waals surface area contributed by atoms with E-state index in [1.54, 1.807) is 0 Å². The number of aromatic carboxylic acids is 1. The van der Waals surface area contributed by atoms with E-state index in [1.807, 2.05) is 0 Å². The average molecular weight is 330 g/mol. The number of carbonyl (C=O) groups is 4. The molecule has 2 N–H and O–H groups in total. The quantitative estimate of drug-likeness (QED) is 0.287. The molecule has 0 aliphatic heterocycles. The van der Waals surface area contributed by atoms with Crippen LogP contribution in [0.1, 0.15) is 36.6 Å². The van der Waals surface area contributed by atoms with Gasteiger partial charge < -0.3 is 9.84 Å². The molecular formula is C16H10O8. The number of carbonyl (C=O) groups excluding carboxylic acids is 3. The predicted octanol–water partition coefficient (Wildman–Crippen LogP) is 2.38. The van der Waals surface area contributed by atoms with Crippen molar-refractivity contribution in [3.8, 4) is 0 Å². The molecule has 8 heteroatoms. The van der Waals surface area contributed by atoms with Crippen LogP contribution < -0.4 is 0 Å². The molecule has 0 spiro atoms. The van der Waals surface area contributed by atoms with Gasteiger partial charge in [0.25, 0.3) is 0 Å².